The largest absolute Gasteiger partial charge is 0.457 e. The van der Waals surface area contributed by atoms with Crippen molar-refractivity contribution in [1.82, 2.24) is 4.98 Å². The van der Waals surface area contributed by atoms with Gasteiger partial charge in [0.05, 0.1) is 16.3 Å². The van der Waals surface area contributed by atoms with Crippen LogP contribution in [0, 0.1) is 17.1 Å². The molecule has 3 nitrogen and oxygen atoms in total. The predicted octanol–water partition coefficient (Wildman–Crippen LogP) is 6.93. The van der Waals surface area contributed by atoms with Gasteiger partial charge < -0.3 is 4.42 Å². The summed E-state index contributed by atoms with van der Waals surface area (Å²) < 4.78 is 18.9. The van der Waals surface area contributed by atoms with Gasteiger partial charge in [-0.15, -0.1) is 11.3 Å². The molecule has 6 heteroatoms. The maximum Gasteiger partial charge on any atom is 0.136 e. The number of thiazole rings is 1. The van der Waals surface area contributed by atoms with Crippen molar-refractivity contribution in [3.63, 3.8) is 0 Å². The topological polar surface area (TPSA) is 49.8 Å². The smallest absolute Gasteiger partial charge is 0.136 e. The number of benzene rings is 2. The van der Waals surface area contributed by atoms with Crippen LogP contribution in [0.3, 0.4) is 0 Å². The van der Waals surface area contributed by atoms with Crippen molar-refractivity contribution in [3.05, 3.63) is 87.7 Å². The number of halogens is 2. The lowest BCUT2D eigenvalue weighted by atomic mass is 10.2. The van der Waals surface area contributed by atoms with Crippen LogP contribution in [0.25, 0.3) is 34.2 Å². The number of nitrogens with zero attached hydrogens (tertiary/aromatic N) is 2. The Labute approximate surface area is 170 Å². The molecular formula is C22H12ClFN2OS. The van der Waals surface area contributed by atoms with E-state index in [1.807, 2.05) is 29.6 Å². The fourth-order valence-corrected chi connectivity index (χ4v) is 3.69. The van der Waals surface area contributed by atoms with Gasteiger partial charge in [0.15, 0.2) is 0 Å². The number of furan rings is 1. The van der Waals surface area contributed by atoms with E-state index in [4.69, 9.17) is 16.0 Å². The fraction of sp³-hybridized carbons (Fsp3) is 0. The second-order valence-corrected chi connectivity index (χ2v) is 7.16. The molecule has 2 aromatic heterocycles. The van der Waals surface area contributed by atoms with Crippen LogP contribution in [-0.2, 0) is 0 Å². The van der Waals surface area contributed by atoms with Crippen molar-refractivity contribution in [2.75, 3.05) is 0 Å². The quantitative estimate of drug-likeness (QED) is 0.345. The van der Waals surface area contributed by atoms with Gasteiger partial charge in [0.2, 0.25) is 0 Å². The zero-order valence-electron chi connectivity index (χ0n) is 14.4. The van der Waals surface area contributed by atoms with Crippen molar-refractivity contribution in [3.8, 4) is 28.7 Å². The van der Waals surface area contributed by atoms with Crippen molar-refractivity contribution in [2.45, 2.75) is 0 Å². The molecule has 0 spiro atoms. The molecule has 0 radical (unpaired) electrons. The van der Waals surface area contributed by atoms with Crippen LogP contribution in [0.15, 0.2) is 70.5 Å². The Bertz CT molecular complexity index is 1200. The maximum atomic E-state index is 13.1. The monoisotopic (exact) mass is 406 g/mol. The van der Waals surface area contributed by atoms with Crippen LogP contribution in [0.5, 0.6) is 0 Å². The Balaban J connectivity index is 1.63. The molecule has 0 aliphatic rings. The van der Waals surface area contributed by atoms with Gasteiger partial charge in [-0.2, -0.15) is 5.26 Å². The van der Waals surface area contributed by atoms with Gasteiger partial charge in [-0.3, -0.25) is 0 Å². The van der Waals surface area contributed by atoms with Gasteiger partial charge in [-0.05, 0) is 48.5 Å². The third-order valence-corrected chi connectivity index (χ3v) is 5.25. The SMILES string of the molecule is N#C/C(=C\c1ccc(-c2ccccc2Cl)o1)c1nc(-c2ccc(F)cc2)cs1. The highest BCUT2D eigenvalue weighted by Crippen LogP contribution is 2.31. The molecule has 0 saturated heterocycles. The average Bonchev–Trinajstić information content (AvgIpc) is 3.37. The first-order valence-corrected chi connectivity index (χ1v) is 9.58. The minimum Gasteiger partial charge on any atom is -0.457 e. The van der Waals surface area contributed by atoms with E-state index in [9.17, 15) is 9.65 Å². The van der Waals surface area contributed by atoms with Crippen LogP contribution < -0.4 is 0 Å². The van der Waals surface area contributed by atoms with E-state index >= 15 is 0 Å². The summed E-state index contributed by atoms with van der Waals surface area (Å²) in [7, 11) is 0. The first-order valence-electron chi connectivity index (χ1n) is 8.32. The molecule has 0 atom stereocenters. The molecule has 4 aromatic rings. The highest BCUT2D eigenvalue weighted by molar-refractivity contribution is 7.11. The van der Waals surface area contributed by atoms with E-state index in [2.05, 4.69) is 11.1 Å². The van der Waals surface area contributed by atoms with Crippen LogP contribution in [0.2, 0.25) is 5.02 Å². The van der Waals surface area contributed by atoms with E-state index < -0.39 is 0 Å². The van der Waals surface area contributed by atoms with Crippen LogP contribution in [-0.4, -0.2) is 4.98 Å². The lowest BCUT2D eigenvalue weighted by Gasteiger charge is -1.99. The number of aromatic nitrogens is 1. The molecular weight excluding hydrogens is 395 g/mol. The minimum atomic E-state index is -0.302. The molecule has 2 heterocycles. The summed E-state index contributed by atoms with van der Waals surface area (Å²) in [5.74, 6) is 0.856. The summed E-state index contributed by atoms with van der Waals surface area (Å²) >= 11 is 7.56. The maximum absolute atomic E-state index is 13.1. The number of hydrogen-bond acceptors (Lipinski definition) is 4. The Hall–Kier alpha value is -3.20. The van der Waals surface area contributed by atoms with Crippen molar-refractivity contribution in [1.29, 1.82) is 5.26 Å². The van der Waals surface area contributed by atoms with Crippen molar-refractivity contribution >= 4 is 34.6 Å². The summed E-state index contributed by atoms with van der Waals surface area (Å²) in [6.07, 6.45) is 1.65. The Morgan fingerprint density at radius 1 is 1.11 bits per heavy atom. The average molecular weight is 407 g/mol. The van der Waals surface area contributed by atoms with Crippen LogP contribution in [0.1, 0.15) is 10.8 Å². The minimum absolute atomic E-state index is 0.302. The van der Waals surface area contributed by atoms with Gasteiger partial charge in [0, 0.05) is 22.6 Å². The van der Waals surface area contributed by atoms with E-state index in [-0.39, 0.29) is 5.82 Å². The summed E-state index contributed by atoms with van der Waals surface area (Å²) in [5.41, 5.74) is 2.66. The number of hydrogen-bond donors (Lipinski definition) is 0. The van der Waals surface area contributed by atoms with E-state index in [1.165, 1.54) is 23.5 Å². The first-order chi connectivity index (χ1) is 13.6. The van der Waals surface area contributed by atoms with E-state index in [0.717, 1.165) is 11.1 Å². The summed E-state index contributed by atoms with van der Waals surface area (Å²) in [6.45, 7) is 0. The molecule has 0 fully saturated rings. The van der Waals surface area contributed by atoms with Gasteiger partial charge in [-0.25, -0.2) is 9.37 Å². The molecule has 0 amide bonds. The summed E-state index contributed by atoms with van der Waals surface area (Å²) in [6, 6.07) is 19.2. The second-order valence-electron chi connectivity index (χ2n) is 5.90. The zero-order chi connectivity index (χ0) is 19.5. The van der Waals surface area contributed by atoms with Gasteiger partial charge >= 0.3 is 0 Å². The van der Waals surface area contributed by atoms with Crippen LogP contribution >= 0.6 is 22.9 Å². The second kappa shape index (κ2) is 7.81. The fourth-order valence-electron chi connectivity index (χ4n) is 2.67. The van der Waals surface area contributed by atoms with E-state index in [0.29, 0.717) is 32.8 Å². The van der Waals surface area contributed by atoms with Gasteiger partial charge in [-0.1, -0.05) is 23.7 Å². The van der Waals surface area contributed by atoms with Crippen molar-refractivity contribution < 1.29 is 8.81 Å². The third-order valence-electron chi connectivity index (χ3n) is 4.05. The number of allylic oxidation sites excluding steroid dienone is 1. The molecule has 4 rings (SSSR count). The third kappa shape index (κ3) is 3.74. The Morgan fingerprint density at radius 3 is 2.64 bits per heavy atom. The lowest BCUT2D eigenvalue weighted by Crippen LogP contribution is -1.83. The predicted molar refractivity (Wildman–Crippen MR) is 110 cm³/mol. The molecule has 0 saturated carbocycles. The lowest BCUT2D eigenvalue weighted by molar-refractivity contribution is 0.572. The molecule has 0 N–H and O–H groups in total. The Morgan fingerprint density at radius 2 is 1.89 bits per heavy atom. The normalized spacial score (nSPS) is 11.4. The summed E-state index contributed by atoms with van der Waals surface area (Å²) in [5, 5.41) is 12.6. The van der Waals surface area contributed by atoms with Gasteiger partial charge in [0.25, 0.3) is 0 Å². The molecule has 0 aliphatic carbocycles. The molecule has 0 bridgehead atoms. The highest BCUT2D eigenvalue weighted by Gasteiger charge is 2.12. The molecule has 28 heavy (non-hydrogen) atoms. The first kappa shape index (κ1) is 18.2. The number of rotatable bonds is 4. The molecule has 136 valence electrons. The van der Waals surface area contributed by atoms with Crippen molar-refractivity contribution in [2.24, 2.45) is 0 Å². The van der Waals surface area contributed by atoms with Crippen LogP contribution in [0.4, 0.5) is 4.39 Å². The van der Waals surface area contributed by atoms with Gasteiger partial charge in [0.1, 0.15) is 28.4 Å². The number of nitriles is 1. The summed E-state index contributed by atoms with van der Waals surface area (Å²) in [4.78, 5) is 4.50. The van der Waals surface area contributed by atoms with E-state index in [1.54, 1.807) is 30.3 Å². The molecule has 0 unspecified atom stereocenters. The Kier molecular flexibility index (Phi) is 5.07. The molecule has 0 aliphatic heterocycles. The zero-order valence-corrected chi connectivity index (χ0v) is 16.0. The highest BCUT2D eigenvalue weighted by atomic mass is 35.5. The standard InChI is InChI=1S/C22H12ClFN2OS/c23-19-4-2-1-3-18(19)21-10-9-17(27-21)11-15(12-25)22-26-20(13-28-22)14-5-7-16(24)8-6-14/h1-11,13H/b15-11+. The molecule has 2 aromatic carbocycles.